The van der Waals surface area contributed by atoms with Gasteiger partial charge in [0.1, 0.15) is 0 Å². The highest BCUT2D eigenvalue weighted by atomic mass is 14.2. The summed E-state index contributed by atoms with van der Waals surface area (Å²) < 4.78 is 0. The van der Waals surface area contributed by atoms with E-state index in [0.717, 1.165) is 5.92 Å². The average Bonchev–Trinajstić information content (AvgIpc) is 2.25. The molecule has 0 spiro atoms. The summed E-state index contributed by atoms with van der Waals surface area (Å²) in [7, 11) is 0. The SMILES string of the molecule is CCCCCC(C)CCCCC(C)(C)CCC. The van der Waals surface area contributed by atoms with E-state index in [1.54, 1.807) is 0 Å². The minimum absolute atomic E-state index is 0.584. The van der Waals surface area contributed by atoms with Crippen molar-refractivity contribution in [1.82, 2.24) is 0 Å². The Bertz CT molecular complexity index is 157. The van der Waals surface area contributed by atoms with E-state index in [2.05, 4.69) is 34.6 Å². The van der Waals surface area contributed by atoms with Crippen molar-refractivity contribution < 1.29 is 0 Å². The van der Waals surface area contributed by atoms with Crippen LogP contribution in [0.2, 0.25) is 0 Å². The van der Waals surface area contributed by atoms with Crippen LogP contribution in [0.4, 0.5) is 0 Å². The zero-order valence-corrected chi connectivity index (χ0v) is 13.1. The fourth-order valence-electron chi connectivity index (χ4n) is 2.79. The summed E-state index contributed by atoms with van der Waals surface area (Å²) in [5.41, 5.74) is 0.584. The van der Waals surface area contributed by atoms with Gasteiger partial charge in [-0.25, -0.2) is 0 Å². The fourth-order valence-corrected chi connectivity index (χ4v) is 2.79. The van der Waals surface area contributed by atoms with Crippen molar-refractivity contribution in [3.8, 4) is 0 Å². The lowest BCUT2D eigenvalue weighted by Gasteiger charge is -2.24. The molecule has 0 saturated heterocycles. The van der Waals surface area contributed by atoms with Crippen LogP contribution in [0.5, 0.6) is 0 Å². The molecule has 1 atom stereocenters. The van der Waals surface area contributed by atoms with Crippen molar-refractivity contribution in [2.24, 2.45) is 11.3 Å². The molecule has 0 radical (unpaired) electrons. The lowest BCUT2D eigenvalue weighted by molar-refractivity contribution is 0.287. The van der Waals surface area contributed by atoms with Crippen LogP contribution in [0.25, 0.3) is 0 Å². The molecule has 0 rings (SSSR count). The van der Waals surface area contributed by atoms with E-state index in [4.69, 9.17) is 0 Å². The zero-order chi connectivity index (χ0) is 13.1. The van der Waals surface area contributed by atoms with Gasteiger partial charge >= 0.3 is 0 Å². The monoisotopic (exact) mass is 240 g/mol. The van der Waals surface area contributed by atoms with Gasteiger partial charge < -0.3 is 0 Å². The van der Waals surface area contributed by atoms with E-state index in [0.29, 0.717) is 5.41 Å². The van der Waals surface area contributed by atoms with Crippen LogP contribution in [0.1, 0.15) is 98.8 Å². The third-order valence-electron chi connectivity index (χ3n) is 4.03. The molecule has 0 fully saturated rings. The first-order chi connectivity index (χ1) is 8.02. The number of rotatable bonds is 11. The highest BCUT2D eigenvalue weighted by molar-refractivity contribution is 4.68. The minimum atomic E-state index is 0.584. The van der Waals surface area contributed by atoms with Gasteiger partial charge in [-0.3, -0.25) is 0 Å². The summed E-state index contributed by atoms with van der Waals surface area (Å²) in [6, 6.07) is 0. The van der Waals surface area contributed by atoms with Crippen molar-refractivity contribution in [2.45, 2.75) is 98.8 Å². The zero-order valence-electron chi connectivity index (χ0n) is 13.1. The van der Waals surface area contributed by atoms with Crippen LogP contribution in [0, 0.1) is 11.3 Å². The second kappa shape index (κ2) is 9.97. The van der Waals surface area contributed by atoms with E-state index in [9.17, 15) is 0 Å². The van der Waals surface area contributed by atoms with Gasteiger partial charge in [-0.2, -0.15) is 0 Å². The molecule has 0 heterocycles. The quantitative estimate of drug-likeness (QED) is 0.357. The molecule has 0 aromatic heterocycles. The van der Waals surface area contributed by atoms with Crippen molar-refractivity contribution in [3.63, 3.8) is 0 Å². The van der Waals surface area contributed by atoms with E-state index in [1.807, 2.05) is 0 Å². The van der Waals surface area contributed by atoms with E-state index in [1.165, 1.54) is 64.2 Å². The molecule has 0 aliphatic heterocycles. The maximum absolute atomic E-state index is 2.44. The van der Waals surface area contributed by atoms with Gasteiger partial charge in [-0.15, -0.1) is 0 Å². The third kappa shape index (κ3) is 10.9. The normalized spacial score (nSPS) is 13.9. The molecule has 1 unspecified atom stereocenters. The van der Waals surface area contributed by atoms with Crippen LogP contribution in [-0.4, -0.2) is 0 Å². The van der Waals surface area contributed by atoms with Gasteiger partial charge in [0, 0.05) is 0 Å². The molecule has 0 aromatic carbocycles. The van der Waals surface area contributed by atoms with E-state index in [-0.39, 0.29) is 0 Å². The van der Waals surface area contributed by atoms with E-state index >= 15 is 0 Å². The average molecular weight is 240 g/mol. The van der Waals surface area contributed by atoms with Gasteiger partial charge in [0.2, 0.25) is 0 Å². The summed E-state index contributed by atoms with van der Waals surface area (Å²) >= 11 is 0. The Hall–Kier alpha value is 0. The van der Waals surface area contributed by atoms with Gasteiger partial charge in [0.05, 0.1) is 0 Å². The lowest BCUT2D eigenvalue weighted by Crippen LogP contribution is -2.10. The molecular formula is C17H36. The summed E-state index contributed by atoms with van der Waals surface area (Å²) in [5.74, 6) is 0.954. The van der Waals surface area contributed by atoms with Crippen LogP contribution in [0.3, 0.4) is 0 Å². The first-order valence-electron chi connectivity index (χ1n) is 8.02. The Labute approximate surface area is 111 Å². The molecule has 0 amide bonds. The largest absolute Gasteiger partial charge is 0.0654 e. The van der Waals surface area contributed by atoms with Crippen LogP contribution < -0.4 is 0 Å². The van der Waals surface area contributed by atoms with Crippen molar-refractivity contribution in [3.05, 3.63) is 0 Å². The first-order valence-corrected chi connectivity index (χ1v) is 8.02. The molecule has 0 bridgehead atoms. The second-order valence-corrected chi connectivity index (χ2v) is 6.76. The number of unbranched alkanes of at least 4 members (excludes halogenated alkanes) is 3. The molecule has 17 heavy (non-hydrogen) atoms. The summed E-state index contributed by atoms with van der Waals surface area (Å²) in [6.45, 7) is 11.9. The lowest BCUT2D eigenvalue weighted by atomic mass is 9.82. The Morgan fingerprint density at radius 3 is 1.88 bits per heavy atom. The predicted octanol–water partition coefficient (Wildman–Crippen LogP) is 6.59. The summed E-state index contributed by atoms with van der Waals surface area (Å²) in [5, 5.41) is 0. The predicted molar refractivity (Wildman–Crippen MR) is 80.5 cm³/mol. The topological polar surface area (TPSA) is 0 Å². The standard InChI is InChI=1S/C17H36/c1-6-8-9-12-16(3)13-10-11-15-17(4,5)14-7-2/h16H,6-15H2,1-5H3. The molecule has 0 nitrogen and oxygen atoms in total. The number of hydrogen-bond acceptors (Lipinski definition) is 0. The maximum Gasteiger partial charge on any atom is -0.0354 e. The summed E-state index contributed by atoms with van der Waals surface area (Å²) in [6.07, 6.45) is 14.1. The van der Waals surface area contributed by atoms with Gasteiger partial charge in [-0.05, 0) is 24.2 Å². The molecule has 0 heteroatoms. The van der Waals surface area contributed by atoms with Crippen LogP contribution >= 0.6 is 0 Å². The van der Waals surface area contributed by atoms with Crippen molar-refractivity contribution in [2.75, 3.05) is 0 Å². The number of hydrogen-bond donors (Lipinski definition) is 0. The fraction of sp³-hybridized carbons (Fsp3) is 1.00. The molecule has 0 aliphatic rings. The minimum Gasteiger partial charge on any atom is -0.0654 e. The molecule has 0 saturated carbocycles. The Kier molecular flexibility index (Phi) is 9.97. The van der Waals surface area contributed by atoms with Crippen molar-refractivity contribution >= 4 is 0 Å². The Morgan fingerprint density at radius 1 is 0.765 bits per heavy atom. The Balaban J connectivity index is 3.43. The highest BCUT2D eigenvalue weighted by Gasteiger charge is 2.15. The maximum atomic E-state index is 2.44. The van der Waals surface area contributed by atoms with Gasteiger partial charge in [0.25, 0.3) is 0 Å². The van der Waals surface area contributed by atoms with Crippen LogP contribution in [-0.2, 0) is 0 Å². The van der Waals surface area contributed by atoms with Gasteiger partial charge in [-0.1, -0.05) is 86.0 Å². The molecule has 0 N–H and O–H groups in total. The smallest absolute Gasteiger partial charge is 0.0354 e. The van der Waals surface area contributed by atoms with Crippen molar-refractivity contribution in [1.29, 1.82) is 0 Å². The van der Waals surface area contributed by atoms with Gasteiger partial charge in [0.15, 0.2) is 0 Å². The summed E-state index contributed by atoms with van der Waals surface area (Å²) in [4.78, 5) is 0. The van der Waals surface area contributed by atoms with E-state index < -0.39 is 0 Å². The molecule has 104 valence electrons. The third-order valence-corrected chi connectivity index (χ3v) is 4.03. The van der Waals surface area contributed by atoms with Crippen LogP contribution in [0.15, 0.2) is 0 Å². The highest BCUT2D eigenvalue weighted by Crippen LogP contribution is 2.29. The molecule has 0 aromatic rings. The second-order valence-electron chi connectivity index (χ2n) is 6.76. The first kappa shape index (κ1) is 17.0. The molecular weight excluding hydrogens is 204 g/mol. The molecule has 0 aliphatic carbocycles. The Morgan fingerprint density at radius 2 is 1.35 bits per heavy atom.